The molecule has 0 spiro atoms. The Kier molecular flexibility index (Phi) is 8.59. The van der Waals surface area contributed by atoms with E-state index in [4.69, 9.17) is 14.2 Å². The summed E-state index contributed by atoms with van der Waals surface area (Å²) in [6, 6.07) is 4.98. The minimum Gasteiger partial charge on any atom is -0.494 e. The molecule has 0 aliphatic heterocycles. The molecule has 0 radical (unpaired) electrons. The molecule has 40 heavy (non-hydrogen) atoms. The van der Waals surface area contributed by atoms with Crippen LogP contribution in [-0.4, -0.2) is 64.6 Å². The minimum absolute atomic E-state index is 0.154. The van der Waals surface area contributed by atoms with Crippen molar-refractivity contribution in [3.63, 3.8) is 0 Å². The zero-order chi connectivity index (χ0) is 29.2. The summed E-state index contributed by atoms with van der Waals surface area (Å²) in [5, 5.41) is 7.10. The second-order valence-corrected chi connectivity index (χ2v) is 12.1. The standard InChI is InChI=1S/C26H34F2N6O5S/c1-15(2)39-22(23-29-13-16(3)14-30-23)17(4)40(35,36)33-25-32-31-24(18-10-11-26(27,28)12-18)34(25)21-19(37-5)8-7-9-20(21)38-6/h7-9,13-15,17-18,22H,10-12H2,1-6H3,(H,32,33)/t17-,18+,22+/m0/s1. The third-order valence-corrected chi connectivity index (χ3v) is 8.40. The second kappa shape index (κ2) is 11.6. The number of ether oxygens (including phenoxy) is 3. The molecule has 11 nitrogen and oxygen atoms in total. The number of methoxy groups -OCH3 is 2. The summed E-state index contributed by atoms with van der Waals surface area (Å²) in [5.74, 6) is -2.74. The summed E-state index contributed by atoms with van der Waals surface area (Å²) in [6.45, 7) is 6.85. The van der Waals surface area contributed by atoms with Gasteiger partial charge in [0.1, 0.15) is 34.4 Å². The molecule has 1 N–H and O–H groups in total. The second-order valence-electron chi connectivity index (χ2n) is 10.1. The third kappa shape index (κ3) is 6.17. The van der Waals surface area contributed by atoms with Gasteiger partial charge in [-0.05, 0) is 51.8 Å². The van der Waals surface area contributed by atoms with Gasteiger partial charge in [0, 0.05) is 31.2 Å². The number of nitrogens with one attached hydrogen (secondary N) is 1. The van der Waals surface area contributed by atoms with Crippen LogP contribution in [0.3, 0.4) is 0 Å². The van der Waals surface area contributed by atoms with Gasteiger partial charge in [-0.1, -0.05) is 6.07 Å². The van der Waals surface area contributed by atoms with Crippen LogP contribution in [0.5, 0.6) is 11.5 Å². The number of alkyl halides is 2. The van der Waals surface area contributed by atoms with Gasteiger partial charge in [0.25, 0.3) is 0 Å². The summed E-state index contributed by atoms with van der Waals surface area (Å²) >= 11 is 0. The van der Waals surface area contributed by atoms with E-state index in [9.17, 15) is 17.2 Å². The van der Waals surface area contributed by atoms with E-state index in [1.807, 2.05) is 6.92 Å². The number of hydrogen-bond donors (Lipinski definition) is 1. The molecule has 1 aromatic carbocycles. The Hall–Kier alpha value is -3.39. The van der Waals surface area contributed by atoms with Crippen LogP contribution in [0.2, 0.25) is 0 Å². The van der Waals surface area contributed by atoms with Crippen molar-refractivity contribution in [2.45, 2.75) is 76.3 Å². The molecule has 2 heterocycles. The van der Waals surface area contributed by atoms with Crippen molar-refractivity contribution in [1.82, 2.24) is 24.7 Å². The quantitative estimate of drug-likeness (QED) is 0.346. The number of hydrogen-bond acceptors (Lipinski definition) is 9. The van der Waals surface area contributed by atoms with E-state index in [0.29, 0.717) is 11.5 Å². The summed E-state index contributed by atoms with van der Waals surface area (Å²) in [4.78, 5) is 8.58. The number of benzene rings is 1. The molecule has 3 atom stereocenters. The summed E-state index contributed by atoms with van der Waals surface area (Å²) in [6.07, 6.45) is 1.23. The van der Waals surface area contributed by atoms with Gasteiger partial charge in [-0.3, -0.25) is 9.29 Å². The van der Waals surface area contributed by atoms with Crippen LogP contribution < -0.4 is 14.2 Å². The summed E-state index contributed by atoms with van der Waals surface area (Å²) in [5.41, 5.74) is 1.09. The zero-order valence-electron chi connectivity index (χ0n) is 23.3. The van der Waals surface area contributed by atoms with Crippen LogP contribution in [0.15, 0.2) is 30.6 Å². The minimum atomic E-state index is -4.23. The average Bonchev–Trinajstić information content (AvgIpc) is 3.48. The topological polar surface area (TPSA) is 130 Å². The van der Waals surface area contributed by atoms with E-state index < -0.39 is 39.6 Å². The first-order valence-corrected chi connectivity index (χ1v) is 14.4. The maximum atomic E-state index is 14.2. The Morgan fingerprint density at radius 1 is 1.07 bits per heavy atom. The highest BCUT2D eigenvalue weighted by Crippen LogP contribution is 2.46. The van der Waals surface area contributed by atoms with Gasteiger partial charge < -0.3 is 14.2 Å². The maximum absolute atomic E-state index is 14.2. The highest BCUT2D eigenvalue weighted by molar-refractivity contribution is 7.93. The van der Waals surface area contributed by atoms with Crippen LogP contribution in [0, 0.1) is 6.92 Å². The lowest BCUT2D eigenvalue weighted by atomic mass is 10.1. The average molecular weight is 581 g/mol. The lowest BCUT2D eigenvalue weighted by molar-refractivity contribution is 0.00149. The van der Waals surface area contributed by atoms with E-state index in [1.165, 1.54) is 25.7 Å². The fourth-order valence-corrected chi connectivity index (χ4v) is 5.76. The summed E-state index contributed by atoms with van der Waals surface area (Å²) < 4.78 is 76.9. The van der Waals surface area contributed by atoms with E-state index in [1.54, 1.807) is 44.4 Å². The van der Waals surface area contributed by atoms with Crippen LogP contribution in [-0.2, 0) is 14.8 Å². The van der Waals surface area contributed by atoms with Crippen molar-refractivity contribution in [3.8, 4) is 17.2 Å². The molecule has 0 amide bonds. The number of anilines is 1. The van der Waals surface area contributed by atoms with Gasteiger partial charge in [-0.2, -0.15) is 0 Å². The van der Waals surface area contributed by atoms with Crippen molar-refractivity contribution < 1.29 is 31.4 Å². The van der Waals surface area contributed by atoms with Gasteiger partial charge in [-0.15, -0.1) is 10.2 Å². The lowest BCUT2D eigenvalue weighted by Crippen LogP contribution is -2.35. The molecule has 14 heteroatoms. The van der Waals surface area contributed by atoms with Crippen LogP contribution in [0.1, 0.15) is 69.3 Å². The predicted octanol–water partition coefficient (Wildman–Crippen LogP) is 4.58. The number of nitrogens with zero attached hydrogens (tertiary/aromatic N) is 5. The zero-order valence-corrected chi connectivity index (χ0v) is 24.1. The molecule has 0 unspecified atom stereocenters. The molecular weight excluding hydrogens is 546 g/mol. The number of para-hydroxylation sites is 1. The molecule has 1 aliphatic rings. The van der Waals surface area contributed by atoms with Crippen LogP contribution >= 0.6 is 0 Å². The number of sulfonamides is 1. The fourth-order valence-electron chi connectivity index (χ4n) is 4.68. The molecule has 0 saturated heterocycles. The maximum Gasteiger partial charge on any atom is 0.248 e. The van der Waals surface area contributed by atoms with Crippen molar-refractivity contribution in [3.05, 3.63) is 47.8 Å². The molecule has 1 aliphatic carbocycles. The smallest absolute Gasteiger partial charge is 0.248 e. The Bertz CT molecular complexity index is 1410. The van der Waals surface area contributed by atoms with Gasteiger partial charge in [0.2, 0.25) is 21.9 Å². The number of aromatic nitrogens is 5. The predicted molar refractivity (Wildman–Crippen MR) is 144 cm³/mol. The number of halogens is 2. The Balaban J connectivity index is 1.80. The molecular formula is C26H34F2N6O5S. The van der Waals surface area contributed by atoms with Crippen LogP contribution in [0.25, 0.3) is 5.69 Å². The van der Waals surface area contributed by atoms with Crippen LogP contribution in [0.4, 0.5) is 14.7 Å². The van der Waals surface area contributed by atoms with E-state index in [-0.39, 0.29) is 42.2 Å². The van der Waals surface area contributed by atoms with Crippen molar-refractivity contribution in [1.29, 1.82) is 0 Å². The SMILES string of the molecule is COc1cccc(OC)c1-n1c(NS(=O)(=O)[C@@H](C)[C@@H](OC(C)C)c2ncc(C)cn2)nnc1[C@@H]1CCC(F)(F)C1. The van der Waals surface area contributed by atoms with E-state index in [0.717, 1.165) is 5.56 Å². The van der Waals surface area contributed by atoms with Gasteiger partial charge in [0.05, 0.1) is 20.3 Å². The molecule has 2 aromatic heterocycles. The molecule has 4 rings (SSSR count). The van der Waals surface area contributed by atoms with Gasteiger partial charge in [-0.25, -0.2) is 27.2 Å². The summed E-state index contributed by atoms with van der Waals surface area (Å²) in [7, 11) is -1.35. The third-order valence-electron chi connectivity index (χ3n) is 6.71. The Labute approximate surface area is 232 Å². The van der Waals surface area contributed by atoms with Crippen molar-refractivity contribution in [2.24, 2.45) is 0 Å². The largest absolute Gasteiger partial charge is 0.494 e. The first-order valence-electron chi connectivity index (χ1n) is 12.9. The molecule has 1 saturated carbocycles. The highest BCUT2D eigenvalue weighted by atomic mass is 32.2. The van der Waals surface area contributed by atoms with Gasteiger partial charge in [0.15, 0.2) is 5.82 Å². The van der Waals surface area contributed by atoms with Crippen molar-refractivity contribution in [2.75, 3.05) is 18.9 Å². The van der Waals surface area contributed by atoms with E-state index >= 15 is 0 Å². The molecule has 218 valence electrons. The first-order chi connectivity index (χ1) is 18.9. The lowest BCUT2D eigenvalue weighted by Gasteiger charge is -2.26. The Morgan fingerprint density at radius 2 is 1.70 bits per heavy atom. The van der Waals surface area contributed by atoms with E-state index in [2.05, 4.69) is 24.9 Å². The first kappa shape index (κ1) is 29.6. The molecule has 3 aromatic rings. The highest BCUT2D eigenvalue weighted by Gasteiger charge is 2.43. The fraction of sp³-hybridized carbons (Fsp3) is 0.538. The Morgan fingerprint density at radius 3 is 2.23 bits per heavy atom. The number of aryl methyl sites for hydroxylation is 1. The monoisotopic (exact) mass is 580 g/mol. The van der Waals surface area contributed by atoms with Gasteiger partial charge >= 0.3 is 0 Å². The molecule has 1 fully saturated rings. The number of rotatable bonds is 11. The molecule has 0 bridgehead atoms. The normalized spacial score (nSPS) is 18.5. The van der Waals surface area contributed by atoms with Crippen molar-refractivity contribution >= 4 is 16.0 Å².